The first kappa shape index (κ1) is 11.5. The van der Waals surface area contributed by atoms with Crippen LogP contribution in [0, 0.1) is 0 Å². The van der Waals surface area contributed by atoms with Gasteiger partial charge in [0.05, 0.1) is 12.6 Å². The normalized spacial score (nSPS) is 10.6. The van der Waals surface area contributed by atoms with E-state index in [0.717, 1.165) is 27.8 Å². The highest BCUT2D eigenvalue weighted by Crippen LogP contribution is 2.28. The van der Waals surface area contributed by atoms with E-state index in [-0.39, 0.29) is 5.95 Å². The molecule has 19 heavy (non-hydrogen) atoms. The number of nitrogens with zero attached hydrogens (tertiary/aromatic N) is 2. The Hall–Kier alpha value is -2.62. The zero-order chi connectivity index (χ0) is 13.2. The average Bonchev–Trinajstić information content (AvgIpc) is 2.47. The highest BCUT2D eigenvalue weighted by molar-refractivity contribution is 5.93. The van der Waals surface area contributed by atoms with Crippen LogP contribution in [0.5, 0.6) is 5.75 Å². The van der Waals surface area contributed by atoms with E-state index in [9.17, 15) is 0 Å². The molecule has 0 spiro atoms. The number of hydrogen-bond donors (Lipinski definition) is 1. The standard InChI is InChI=1S/C15H13N3O/c1-19-12-7-5-10(6-8-12)13-4-2-3-11-9-17-15(16)18-14(11)13/h2-9H,1H3,(H2,16,17,18). The van der Waals surface area contributed by atoms with Crippen molar-refractivity contribution in [3.63, 3.8) is 0 Å². The van der Waals surface area contributed by atoms with Gasteiger partial charge in [0.15, 0.2) is 0 Å². The zero-order valence-corrected chi connectivity index (χ0v) is 10.5. The van der Waals surface area contributed by atoms with Gasteiger partial charge in [-0.2, -0.15) is 0 Å². The zero-order valence-electron chi connectivity index (χ0n) is 10.5. The molecule has 0 bridgehead atoms. The predicted molar refractivity (Wildman–Crippen MR) is 75.9 cm³/mol. The first-order valence-corrected chi connectivity index (χ1v) is 5.93. The third kappa shape index (κ3) is 2.08. The topological polar surface area (TPSA) is 61.0 Å². The minimum absolute atomic E-state index is 0.286. The first-order valence-electron chi connectivity index (χ1n) is 5.93. The molecule has 0 saturated carbocycles. The Morgan fingerprint density at radius 3 is 2.58 bits per heavy atom. The molecule has 0 aliphatic carbocycles. The quantitative estimate of drug-likeness (QED) is 0.760. The maximum absolute atomic E-state index is 5.67. The second-order valence-corrected chi connectivity index (χ2v) is 4.20. The SMILES string of the molecule is COc1ccc(-c2cccc3cnc(N)nc23)cc1. The summed E-state index contributed by atoms with van der Waals surface area (Å²) in [6, 6.07) is 13.9. The fourth-order valence-electron chi connectivity index (χ4n) is 2.07. The van der Waals surface area contributed by atoms with Crippen molar-refractivity contribution in [3.8, 4) is 16.9 Å². The monoisotopic (exact) mass is 251 g/mol. The van der Waals surface area contributed by atoms with E-state index in [1.807, 2.05) is 42.5 Å². The van der Waals surface area contributed by atoms with Crippen LogP contribution in [0.4, 0.5) is 5.95 Å². The molecule has 4 heteroatoms. The van der Waals surface area contributed by atoms with Gasteiger partial charge in [0.25, 0.3) is 0 Å². The molecule has 0 aliphatic rings. The highest BCUT2D eigenvalue weighted by atomic mass is 16.5. The first-order chi connectivity index (χ1) is 9.28. The lowest BCUT2D eigenvalue weighted by molar-refractivity contribution is 0.415. The summed E-state index contributed by atoms with van der Waals surface area (Å²) in [6.45, 7) is 0. The van der Waals surface area contributed by atoms with Gasteiger partial charge in [0.1, 0.15) is 5.75 Å². The van der Waals surface area contributed by atoms with Crippen molar-refractivity contribution >= 4 is 16.9 Å². The van der Waals surface area contributed by atoms with E-state index in [0.29, 0.717) is 0 Å². The molecule has 0 unspecified atom stereocenters. The molecule has 2 N–H and O–H groups in total. The molecule has 3 rings (SSSR count). The Kier molecular flexibility index (Phi) is 2.76. The van der Waals surface area contributed by atoms with Crippen molar-refractivity contribution in [2.24, 2.45) is 0 Å². The number of fused-ring (bicyclic) bond motifs is 1. The largest absolute Gasteiger partial charge is 0.497 e. The molecule has 1 heterocycles. The molecule has 4 nitrogen and oxygen atoms in total. The molecule has 2 aromatic carbocycles. The number of ether oxygens (including phenoxy) is 1. The Bertz CT molecular complexity index is 723. The summed E-state index contributed by atoms with van der Waals surface area (Å²) in [6.07, 6.45) is 1.74. The van der Waals surface area contributed by atoms with Crippen molar-refractivity contribution in [1.29, 1.82) is 0 Å². The summed E-state index contributed by atoms with van der Waals surface area (Å²) in [5.74, 6) is 1.12. The fraction of sp³-hybridized carbons (Fsp3) is 0.0667. The number of nitrogens with two attached hydrogens (primary N) is 1. The van der Waals surface area contributed by atoms with Crippen LogP contribution in [0.2, 0.25) is 0 Å². The minimum atomic E-state index is 0.286. The lowest BCUT2D eigenvalue weighted by Gasteiger charge is -2.07. The smallest absolute Gasteiger partial charge is 0.220 e. The Morgan fingerprint density at radius 1 is 1.05 bits per heavy atom. The van der Waals surface area contributed by atoms with Crippen molar-refractivity contribution in [2.45, 2.75) is 0 Å². The summed E-state index contributed by atoms with van der Waals surface area (Å²) < 4.78 is 5.17. The predicted octanol–water partition coefficient (Wildman–Crippen LogP) is 2.89. The molecule has 0 radical (unpaired) electrons. The number of hydrogen-bond acceptors (Lipinski definition) is 4. The number of aromatic nitrogens is 2. The summed E-state index contributed by atoms with van der Waals surface area (Å²) in [7, 11) is 1.65. The molecular formula is C15H13N3O. The summed E-state index contributed by atoms with van der Waals surface area (Å²) >= 11 is 0. The summed E-state index contributed by atoms with van der Waals surface area (Å²) in [5, 5.41) is 0.975. The van der Waals surface area contributed by atoms with Gasteiger partial charge in [0.2, 0.25) is 5.95 Å². The number of rotatable bonds is 2. The van der Waals surface area contributed by atoms with Crippen molar-refractivity contribution in [1.82, 2.24) is 9.97 Å². The van der Waals surface area contributed by atoms with Crippen LogP contribution in [0.15, 0.2) is 48.7 Å². The Morgan fingerprint density at radius 2 is 1.84 bits per heavy atom. The van der Waals surface area contributed by atoms with Crippen LogP contribution >= 0.6 is 0 Å². The second-order valence-electron chi connectivity index (χ2n) is 4.20. The van der Waals surface area contributed by atoms with Gasteiger partial charge >= 0.3 is 0 Å². The van der Waals surface area contributed by atoms with Crippen LogP contribution in [0.1, 0.15) is 0 Å². The molecule has 0 saturated heterocycles. The van der Waals surface area contributed by atoms with E-state index in [1.165, 1.54) is 0 Å². The van der Waals surface area contributed by atoms with Crippen LogP contribution in [0.3, 0.4) is 0 Å². The molecule has 3 aromatic rings. The number of anilines is 1. The van der Waals surface area contributed by atoms with Gasteiger partial charge in [-0.15, -0.1) is 0 Å². The molecule has 1 aromatic heterocycles. The lowest BCUT2D eigenvalue weighted by atomic mass is 10.0. The average molecular weight is 251 g/mol. The molecule has 0 amide bonds. The number of methoxy groups -OCH3 is 1. The maximum atomic E-state index is 5.67. The molecule has 0 aliphatic heterocycles. The molecular weight excluding hydrogens is 238 g/mol. The fourth-order valence-corrected chi connectivity index (χ4v) is 2.07. The summed E-state index contributed by atoms with van der Waals surface area (Å²) in [5.41, 5.74) is 8.65. The molecule has 0 fully saturated rings. The van der Waals surface area contributed by atoms with E-state index in [4.69, 9.17) is 10.5 Å². The van der Waals surface area contributed by atoms with E-state index >= 15 is 0 Å². The van der Waals surface area contributed by atoms with E-state index < -0.39 is 0 Å². The van der Waals surface area contributed by atoms with Gasteiger partial charge in [0, 0.05) is 17.1 Å². The van der Waals surface area contributed by atoms with Gasteiger partial charge in [-0.05, 0) is 17.7 Å². The van der Waals surface area contributed by atoms with Crippen LogP contribution < -0.4 is 10.5 Å². The van der Waals surface area contributed by atoms with Crippen LogP contribution in [-0.4, -0.2) is 17.1 Å². The van der Waals surface area contributed by atoms with Gasteiger partial charge in [-0.1, -0.05) is 30.3 Å². The van der Waals surface area contributed by atoms with Crippen molar-refractivity contribution in [2.75, 3.05) is 12.8 Å². The number of nitrogen functional groups attached to an aromatic ring is 1. The van der Waals surface area contributed by atoms with Gasteiger partial charge < -0.3 is 10.5 Å². The minimum Gasteiger partial charge on any atom is -0.497 e. The third-order valence-electron chi connectivity index (χ3n) is 3.03. The second kappa shape index (κ2) is 4.57. The van der Waals surface area contributed by atoms with Crippen LogP contribution in [0.25, 0.3) is 22.0 Å². The maximum Gasteiger partial charge on any atom is 0.220 e. The summed E-state index contributed by atoms with van der Waals surface area (Å²) in [4.78, 5) is 8.35. The highest BCUT2D eigenvalue weighted by Gasteiger charge is 2.06. The van der Waals surface area contributed by atoms with Crippen molar-refractivity contribution < 1.29 is 4.74 Å². The van der Waals surface area contributed by atoms with E-state index in [2.05, 4.69) is 9.97 Å². The van der Waals surface area contributed by atoms with Crippen LogP contribution in [-0.2, 0) is 0 Å². The molecule has 94 valence electrons. The number of benzene rings is 2. The van der Waals surface area contributed by atoms with Gasteiger partial charge in [-0.25, -0.2) is 9.97 Å². The molecule has 0 atom stereocenters. The lowest BCUT2D eigenvalue weighted by Crippen LogP contribution is -1.95. The Labute approximate surface area is 110 Å². The van der Waals surface area contributed by atoms with E-state index in [1.54, 1.807) is 13.3 Å². The van der Waals surface area contributed by atoms with Crippen molar-refractivity contribution in [3.05, 3.63) is 48.7 Å². The third-order valence-corrected chi connectivity index (χ3v) is 3.03. The number of para-hydroxylation sites is 1. The Balaban J connectivity index is 2.20. The van der Waals surface area contributed by atoms with Gasteiger partial charge in [-0.3, -0.25) is 0 Å².